The lowest BCUT2D eigenvalue weighted by Gasteiger charge is -2.46. The van der Waals surface area contributed by atoms with E-state index in [9.17, 15) is 0 Å². The minimum atomic E-state index is 0.0190. The van der Waals surface area contributed by atoms with E-state index < -0.39 is 0 Å². The van der Waals surface area contributed by atoms with Crippen LogP contribution in [0.1, 0.15) is 161 Å². The summed E-state index contributed by atoms with van der Waals surface area (Å²) >= 11 is 2.06. The van der Waals surface area contributed by atoms with Crippen molar-refractivity contribution in [2.24, 2.45) is 0 Å². The van der Waals surface area contributed by atoms with Crippen molar-refractivity contribution in [3.05, 3.63) is 178 Å². The van der Waals surface area contributed by atoms with Gasteiger partial charge in [0.1, 0.15) is 0 Å². The number of fused-ring (bicyclic) bond motifs is 9. The van der Waals surface area contributed by atoms with E-state index in [0.717, 1.165) is 17.1 Å². The number of hydrogen-bond donors (Lipinski definition) is 0. The van der Waals surface area contributed by atoms with Gasteiger partial charge in [0.15, 0.2) is 0 Å². The highest BCUT2D eigenvalue weighted by atomic mass is 32.1. The van der Waals surface area contributed by atoms with E-state index in [1.807, 2.05) is 0 Å². The molecule has 3 nitrogen and oxygen atoms in total. The van der Waals surface area contributed by atoms with E-state index in [1.54, 1.807) is 0 Å². The number of aryl methyl sites for hydroxylation is 1. The SMILES string of the molecule is Cc1cc2c3c(c1)N(c1ccc4c(c1)C(C)(C)CCC4(C)C)c1c(sc4cc5c(cc14)C(C)(C)CCC5(C)C)B3c1ccc(N(c3ccccc3)c3ccccc3)cc1N2c1ccc2c(c1)C(C)(C)CCC2(C)C. The molecule has 5 aliphatic rings. The lowest BCUT2D eigenvalue weighted by molar-refractivity contribution is 0.332. The predicted octanol–water partition coefficient (Wildman–Crippen LogP) is 17.8. The monoisotopic (exact) mass is 988 g/mol. The Hall–Kier alpha value is -6.04. The van der Waals surface area contributed by atoms with Crippen molar-refractivity contribution >= 4 is 95.0 Å². The van der Waals surface area contributed by atoms with E-state index in [4.69, 9.17) is 0 Å². The molecule has 7 aromatic carbocycles. The van der Waals surface area contributed by atoms with Crippen LogP contribution in [-0.4, -0.2) is 6.71 Å². The van der Waals surface area contributed by atoms with Gasteiger partial charge in [0.2, 0.25) is 0 Å². The van der Waals surface area contributed by atoms with Crippen LogP contribution < -0.4 is 30.4 Å². The number of anilines is 9. The molecule has 0 radical (unpaired) electrons. The molecule has 0 fully saturated rings. The summed E-state index contributed by atoms with van der Waals surface area (Å²) in [5.74, 6) is 0. The number of para-hydroxylation sites is 2. The van der Waals surface area contributed by atoms with Gasteiger partial charge < -0.3 is 14.7 Å². The average Bonchev–Trinajstić information content (AvgIpc) is 3.78. The smallest absolute Gasteiger partial charge is 0.264 e. The van der Waals surface area contributed by atoms with E-state index in [-0.39, 0.29) is 39.2 Å². The maximum Gasteiger partial charge on any atom is 0.264 e. The summed E-state index contributed by atoms with van der Waals surface area (Å²) in [6.45, 7) is 32.0. The van der Waals surface area contributed by atoms with Crippen LogP contribution >= 0.6 is 11.3 Å². The molecule has 2 aliphatic heterocycles. The number of nitrogens with zero attached hydrogens (tertiary/aromatic N) is 3. The van der Waals surface area contributed by atoms with Crippen LogP contribution in [-0.2, 0) is 32.5 Å². The third-order valence-electron chi connectivity index (χ3n) is 19.2. The third kappa shape index (κ3) is 7.10. The highest BCUT2D eigenvalue weighted by Crippen LogP contribution is 2.56. The fourth-order valence-corrected chi connectivity index (χ4v) is 15.7. The Kier molecular flexibility index (Phi) is 10.3. The van der Waals surface area contributed by atoms with E-state index in [2.05, 4.69) is 256 Å². The first-order valence-corrected chi connectivity index (χ1v) is 28.6. The maximum atomic E-state index is 2.74. The Morgan fingerprint density at radius 2 is 0.865 bits per heavy atom. The van der Waals surface area contributed by atoms with Crippen molar-refractivity contribution in [3.8, 4) is 0 Å². The van der Waals surface area contributed by atoms with Crippen molar-refractivity contribution in [1.82, 2.24) is 0 Å². The Labute approximate surface area is 446 Å². The van der Waals surface area contributed by atoms with Crippen molar-refractivity contribution in [3.63, 3.8) is 0 Å². The minimum absolute atomic E-state index is 0.0190. The summed E-state index contributed by atoms with van der Waals surface area (Å²) in [5.41, 5.74) is 24.7. The zero-order valence-electron chi connectivity index (χ0n) is 46.3. The van der Waals surface area contributed by atoms with Crippen molar-refractivity contribution in [2.75, 3.05) is 14.7 Å². The molecular formula is C69H74BN3S. The molecule has 0 amide bonds. The molecule has 0 spiro atoms. The Morgan fingerprint density at radius 1 is 0.419 bits per heavy atom. The Balaban J connectivity index is 1.13. The molecule has 5 heteroatoms. The molecule has 0 saturated heterocycles. The number of thiophene rings is 1. The van der Waals surface area contributed by atoms with Crippen molar-refractivity contribution in [1.29, 1.82) is 0 Å². The Bertz CT molecular complexity index is 3570. The molecule has 0 bridgehead atoms. The van der Waals surface area contributed by atoms with Crippen molar-refractivity contribution in [2.45, 2.75) is 161 Å². The van der Waals surface area contributed by atoms with Gasteiger partial charge in [0.05, 0.1) is 5.69 Å². The van der Waals surface area contributed by atoms with Gasteiger partial charge in [0.25, 0.3) is 6.71 Å². The second-order valence-corrected chi connectivity index (χ2v) is 28.1. The second-order valence-electron chi connectivity index (χ2n) is 27.0. The van der Waals surface area contributed by atoms with E-state index in [0.29, 0.717) is 0 Å². The topological polar surface area (TPSA) is 9.72 Å². The summed E-state index contributed by atoms with van der Waals surface area (Å²) in [7, 11) is 0. The average molecular weight is 988 g/mol. The molecular weight excluding hydrogens is 914 g/mol. The molecule has 3 heterocycles. The number of benzene rings is 7. The number of hydrogen-bond acceptors (Lipinski definition) is 4. The van der Waals surface area contributed by atoms with E-state index >= 15 is 0 Å². The summed E-state index contributed by atoms with van der Waals surface area (Å²) in [6.07, 6.45) is 7.11. The molecule has 0 atom stereocenters. The highest BCUT2D eigenvalue weighted by molar-refractivity contribution is 7.33. The van der Waals surface area contributed by atoms with Gasteiger partial charge in [-0.2, -0.15) is 0 Å². The summed E-state index contributed by atoms with van der Waals surface area (Å²) in [5, 5.41) is 1.39. The molecule has 3 aliphatic carbocycles. The van der Waals surface area contributed by atoms with Gasteiger partial charge in [-0.1, -0.05) is 138 Å². The van der Waals surface area contributed by atoms with Crippen LogP contribution in [0.25, 0.3) is 10.1 Å². The largest absolute Gasteiger partial charge is 0.311 e. The number of rotatable bonds is 5. The van der Waals surface area contributed by atoms with Crippen LogP contribution in [0.3, 0.4) is 0 Å². The summed E-state index contributed by atoms with van der Waals surface area (Å²) < 4.78 is 2.84. The van der Waals surface area contributed by atoms with Gasteiger partial charge in [-0.3, -0.25) is 0 Å². The molecule has 13 rings (SSSR count). The van der Waals surface area contributed by atoms with Gasteiger partial charge in [-0.15, -0.1) is 11.3 Å². The summed E-state index contributed by atoms with van der Waals surface area (Å²) in [6, 6.07) is 54.7. The maximum absolute atomic E-state index is 2.74. The standard InChI is InChI=1S/C69H74BN3S/c1-43-36-58-61-59(37-43)73(47-25-28-51-53(39-47)67(8,9)33-31-65(51,4)5)62-49-41-54-55(69(12,13)35-34-68(54,10)11)42-60(49)74-63(62)70(61)56-29-26-48(71(44-20-16-14-17-21-44)45-22-18-15-19-23-45)40-57(56)72(58)46-24-27-50-52(38-46)66(6,7)32-30-64(50,2)3/h14-29,36-42H,30-35H2,1-13H3. The molecule has 0 unspecified atom stereocenters. The van der Waals surface area contributed by atoms with Gasteiger partial charge in [-0.25, -0.2) is 0 Å². The Morgan fingerprint density at radius 3 is 1.38 bits per heavy atom. The highest BCUT2D eigenvalue weighted by Gasteiger charge is 2.48. The molecule has 374 valence electrons. The molecule has 0 saturated carbocycles. The minimum Gasteiger partial charge on any atom is -0.311 e. The molecule has 1 aromatic heterocycles. The fourth-order valence-electron chi connectivity index (χ4n) is 14.4. The zero-order chi connectivity index (χ0) is 51.6. The van der Waals surface area contributed by atoms with Crippen LogP contribution in [0.5, 0.6) is 0 Å². The van der Waals surface area contributed by atoms with E-state index in [1.165, 1.54) is 137 Å². The predicted molar refractivity (Wildman–Crippen MR) is 321 cm³/mol. The third-order valence-corrected chi connectivity index (χ3v) is 20.4. The molecule has 74 heavy (non-hydrogen) atoms. The zero-order valence-corrected chi connectivity index (χ0v) is 47.2. The van der Waals surface area contributed by atoms with Gasteiger partial charge >= 0.3 is 0 Å². The first kappa shape index (κ1) is 47.7. The first-order valence-electron chi connectivity index (χ1n) is 27.8. The first-order chi connectivity index (χ1) is 35.0. The van der Waals surface area contributed by atoms with Gasteiger partial charge in [-0.05, 0) is 213 Å². The van der Waals surface area contributed by atoms with Crippen LogP contribution in [0.15, 0.2) is 140 Å². The van der Waals surface area contributed by atoms with Crippen LogP contribution in [0.2, 0.25) is 0 Å². The van der Waals surface area contributed by atoms with Crippen molar-refractivity contribution < 1.29 is 0 Å². The van der Waals surface area contributed by atoms with Crippen LogP contribution in [0, 0.1) is 6.92 Å². The van der Waals surface area contributed by atoms with Gasteiger partial charge in [0, 0.05) is 60.4 Å². The van der Waals surface area contributed by atoms with Crippen LogP contribution in [0.4, 0.5) is 51.2 Å². The summed E-state index contributed by atoms with van der Waals surface area (Å²) in [4.78, 5) is 7.85. The molecule has 8 aromatic rings. The second kappa shape index (κ2) is 16.0. The lowest BCUT2D eigenvalue weighted by atomic mass is 9.36. The molecule has 0 N–H and O–H groups in total. The lowest BCUT2D eigenvalue weighted by Crippen LogP contribution is -2.60. The quantitative estimate of drug-likeness (QED) is 0.159. The normalized spacial score (nSPS) is 19.7. The fraction of sp³-hybridized carbons (Fsp3) is 0.362.